The smallest absolute Gasteiger partial charge is 0.271 e. The van der Waals surface area contributed by atoms with E-state index in [9.17, 15) is 4.79 Å². The average Bonchev–Trinajstić information content (AvgIpc) is 2.73. The van der Waals surface area contributed by atoms with Gasteiger partial charge in [-0.3, -0.25) is 9.78 Å². The third-order valence-corrected chi connectivity index (χ3v) is 3.74. The number of nitrogens with one attached hydrogen (secondary N) is 1. The summed E-state index contributed by atoms with van der Waals surface area (Å²) in [5.74, 6) is 1.17. The Morgan fingerprint density at radius 3 is 2.59 bits per heavy atom. The van der Waals surface area contributed by atoms with Crippen LogP contribution in [0.4, 0.5) is 0 Å². The molecular weight excluding hydrogens is 342 g/mol. The average molecular weight is 361 g/mol. The number of hydrogen-bond acceptors (Lipinski definition) is 5. The fourth-order valence-electron chi connectivity index (χ4n) is 2.31. The highest BCUT2D eigenvalue weighted by Crippen LogP contribution is 2.17. The second kappa shape index (κ2) is 9.15. The van der Waals surface area contributed by atoms with E-state index in [-0.39, 0.29) is 5.91 Å². The first-order valence-electron chi connectivity index (χ1n) is 8.34. The number of amides is 1. The van der Waals surface area contributed by atoms with Gasteiger partial charge in [0, 0.05) is 18.0 Å². The van der Waals surface area contributed by atoms with Crippen LogP contribution in [0.25, 0.3) is 0 Å². The van der Waals surface area contributed by atoms with E-state index in [0.29, 0.717) is 17.9 Å². The number of carbonyl (C=O) groups excluding carboxylic acids is 1. The second-order valence-corrected chi connectivity index (χ2v) is 5.64. The monoisotopic (exact) mass is 361 g/mol. The standard InChI is InChI=1S/C21H19N3O3/c1-26-20-4-2-3-17(13-20)15-27-19-7-5-18(6-8-19)21(25)24-23-14-16-9-11-22-12-10-16/h2-14H,15H2,1H3,(H,24,25)/b23-14+. The third-order valence-electron chi connectivity index (χ3n) is 3.74. The predicted molar refractivity (Wildman–Crippen MR) is 103 cm³/mol. The van der Waals surface area contributed by atoms with Gasteiger partial charge in [-0.2, -0.15) is 5.10 Å². The molecule has 3 rings (SSSR count). The summed E-state index contributed by atoms with van der Waals surface area (Å²) in [6, 6.07) is 18.2. The molecule has 27 heavy (non-hydrogen) atoms. The Morgan fingerprint density at radius 2 is 1.85 bits per heavy atom. The summed E-state index contributed by atoms with van der Waals surface area (Å²) in [4.78, 5) is 16.0. The minimum atomic E-state index is -0.292. The molecule has 0 aliphatic heterocycles. The van der Waals surface area contributed by atoms with Crippen LogP contribution in [-0.4, -0.2) is 24.2 Å². The van der Waals surface area contributed by atoms with Crippen molar-refractivity contribution in [2.24, 2.45) is 5.10 Å². The molecule has 136 valence electrons. The molecule has 1 heterocycles. The fourth-order valence-corrected chi connectivity index (χ4v) is 2.31. The molecule has 0 spiro atoms. The van der Waals surface area contributed by atoms with Gasteiger partial charge in [0.05, 0.1) is 13.3 Å². The molecule has 0 radical (unpaired) electrons. The van der Waals surface area contributed by atoms with Crippen LogP contribution >= 0.6 is 0 Å². The van der Waals surface area contributed by atoms with Crippen LogP contribution in [0.1, 0.15) is 21.5 Å². The van der Waals surface area contributed by atoms with Crippen LogP contribution in [0, 0.1) is 0 Å². The van der Waals surface area contributed by atoms with Crippen molar-refractivity contribution in [1.82, 2.24) is 10.4 Å². The Morgan fingerprint density at radius 1 is 1.07 bits per heavy atom. The van der Waals surface area contributed by atoms with Gasteiger partial charge in [0.1, 0.15) is 18.1 Å². The molecule has 1 N–H and O–H groups in total. The lowest BCUT2D eigenvalue weighted by Gasteiger charge is -2.08. The molecule has 3 aromatic rings. The Kier molecular flexibility index (Phi) is 6.14. The molecule has 0 saturated carbocycles. The van der Waals surface area contributed by atoms with Crippen molar-refractivity contribution in [2.75, 3.05) is 7.11 Å². The first-order valence-corrected chi connectivity index (χ1v) is 8.34. The molecule has 6 nitrogen and oxygen atoms in total. The predicted octanol–water partition coefficient (Wildman–Crippen LogP) is 3.43. The SMILES string of the molecule is COc1cccc(COc2ccc(C(=O)N/N=C/c3ccncc3)cc2)c1. The van der Waals surface area contributed by atoms with Gasteiger partial charge in [0.2, 0.25) is 0 Å². The zero-order valence-corrected chi connectivity index (χ0v) is 14.8. The largest absolute Gasteiger partial charge is 0.497 e. The molecule has 0 bridgehead atoms. The Balaban J connectivity index is 1.53. The lowest BCUT2D eigenvalue weighted by atomic mass is 10.2. The molecule has 0 saturated heterocycles. The minimum Gasteiger partial charge on any atom is -0.497 e. The fraction of sp³-hybridized carbons (Fsp3) is 0.0952. The number of hydrazone groups is 1. The molecule has 0 fully saturated rings. The summed E-state index contributed by atoms with van der Waals surface area (Å²) in [7, 11) is 1.63. The van der Waals surface area contributed by atoms with E-state index in [1.807, 2.05) is 24.3 Å². The van der Waals surface area contributed by atoms with Gasteiger partial charge >= 0.3 is 0 Å². The van der Waals surface area contributed by atoms with Crippen molar-refractivity contribution in [3.8, 4) is 11.5 Å². The number of rotatable bonds is 7. The van der Waals surface area contributed by atoms with Crippen molar-refractivity contribution in [3.63, 3.8) is 0 Å². The number of hydrogen-bond donors (Lipinski definition) is 1. The van der Waals surface area contributed by atoms with E-state index >= 15 is 0 Å². The summed E-state index contributed by atoms with van der Waals surface area (Å²) in [5.41, 5.74) is 4.84. The van der Waals surface area contributed by atoms with Crippen molar-refractivity contribution in [2.45, 2.75) is 6.61 Å². The van der Waals surface area contributed by atoms with Crippen molar-refractivity contribution in [1.29, 1.82) is 0 Å². The first kappa shape index (κ1) is 18.1. The quantitative estimate of drug-likeness (QED) is 0.517. The number of nitrogens with zero attached hydrogens (tertiary/aromatic N) is 2. The number of methoxy groups -OCH3 is 1. The molecule has 0 atom stereocenters. The first-order chi connectivity index (χ1) is 13.2. The zero-order chi connectivity index (χ0) is 18.9. The van der Waals surface area contributed by atoms with E-state index in [2.05, 4.69) is 15.5 Å². The molecular formula is C21H19N3O3. The Hall–Kier alpha value is -3.67. The van der Waals surface area contributed by atoms with Crippen LogP contribution < -0.4 is 14.9 Å². The molecule has 1 amide bonds. The molecule has 0 aliphatic rings. The van der Waals surface area contributed by atoms with Crippen LogP contribution in [0.3, 0.4) is 0 Å². The highest BCUT2D eigenvalue weighted by atomic mass is 16.5. The van der Waals surface area contributed by atoms with Gasteiger partial charge in [-0.05, 0) is 59.7 Å². The van der Waals surface area contributed by atoms with Gasteiger partial charge in [-0.25, -0.2) is 5.43 Å². The minimum absolute atomic E-state index is 0.292. The number of ether oxygens (including phenoxy) is 2. The highest BCUT2D eigenvalue weighted by molar-refractivity contribution is 5.94. The van der Waals surface area contributed by atoms with Gasteiger partial charge < -0.3 is 9.47 Å². The maximum atomic E-state index is 12.1. The third kappa shape index (κ3) is 5.40. The summed E-state index contributed by atoms with van der Waals surface area (Å²) >= 11 is 0. The Bertz CT molecular complexity index is 909. The summed E-state index contributed by atoms with van der Waals surface area (Å²) in [6.45, 7) is 0.416. The van der Waals surface area contributed by atoms with Gasteiger partial charge in [0.25, 0.3) is 5.91 Å². The van der Waals surface area contributed by atoms with Crippen molar-refractivity contribution < 1.29 is 14.3 Å². The molecule has 1 aromatic heterocycles. The molecule has 0 unspecified atom stereocenters. The highest BCUT2D eigenvalue weighted by Gasteiger charge is 2.05. The lowest BCUT2D eigenvalue weighted by molar-refractivity contribution is 0.0955. The van der Waals surface area contributed by atoms with Crippen molar-refractivity contribution >= 4 is 12.1 Å². The second-order valence-electron chi connectivity index (χ2n) is 5.64. The van der Waals surface area contributed by atoms with Gasteiger partial charge in [-0.1, -0.05) is 12.1 Å². The number of carbonyl (C=O) groups is 1. The van der Waals surface area contributed by atoms with Crippen LogP contribution in [-0.2, 0) is 6.61 Å². The van der Waals surface area contributed by atoms with E-state index in [1.54, 1.807) is 62.1 Å². The molecule has 6 heteroatoms. The zero-order valence-electron chi connectivity index (χ0n) is 14.8. The van der Waals surface area contributed by atoms with Crippen LogP contribution in [0.2, 0.25) is 0 Å². The Labute approximate surface area is 157 Å². The summed E-state index contributed by atoms with van der Waals surface area (Å²) in [6.07, 6.45) is 4.88. The maximum absolute atomic E-state index is 12.1. The number of pyridine rings is 1. The summed E-state index contributed by atoms with van der Waals surface area (Å²) < 4.78 is 10.9. The lowest BCUT2D eigenvalue weighted by Crippen LogP contribution is -2.17. The van der Waals surface area contributed by atoms with Gasteiger partial charge in [-0.15, -0.1) is 0 Å². The number of benzene rings is 2. The van der Waals surface area contributed by atoms with E-state index in [0.717, 1.165) is 16.9 Å². The van der Waals surface area contributed by atoms with Crippen LogP contribution in [0.15, 0.2) is 78.2 Å². The van der Waals surface area contributed by atoms with E-state index < -0.39 is 0 Å². The maximum Gasteiger partial charge on any atom is 0.271 e. The van der Waals surface area contributed by atoms with E-state index in [1.165, 1.54) is 0 Å². The topological polar surface area (TPSA) is 72.8 Å². The molecule has 0 aliphatic carbocycles. The van der Waals surface area contributed by atoms with Gasteiger partial charge in [0.15, 0.2) is 0 Å². The number of aromatic nitrogens is 1. The van der Waals surface area contributed by atoms with Crippen LogP contribution in [0.5, 0.6) is 11.5 Å². The molecule has 2 aromatic carbocycles. The summed E-state index contributed by atoms with van der Waals surface area (Å²) in [5, 5.41) is 3.94. The normalized spacial score (nSPS) is 10.6. The van der Waals surface area contributed by atoms with E-state index in [4.69, 9.17) is 9.47 Å². The van der Waals surface area contributed by atoms with Crippen molar-refractivity contribution in [3.05, 3.63) is 89.7 Å².